The van der Waals surface area contributed by atoms with Crippen LogP contribution in [0.3, 0.4) is 0 Å². The summed E-state index contributed by atoms with van der Waals surface area (Å²) in [6.45, 7) is 1.59. The highest BCUT2D eigenvalue weighted by molar-refractivity contribution is 5.81. The van der Waals surface area contributed by atoms with E-state index >= 15 is 0 Å². The molecule has 2 atom stereocenters. The maximum atomic E-state index is 13.5. The van der Waals surface area contributed by atoms with Crippen LogP contribution in [0.1, 0.15) is 22.7 Å². The highest BCUT2D eigenvalue weighted by Gasteiger charge is 2.40. The van der Waals surface area contributed by atoms with Gasteiger partial charge in [-0.05, 0) is 24.6 Å². The Balaban J connectivity index is 1.84. The van der Waals surface area contributed by atoms with E-state index in [1.54, 1.807) is 6.07 Å². The SMILES string of the molecule is Cc1[nH]c(=O)[nH]c(=O)c1CC(=O)N1C[C@@H](C(=O)O)[C@H](c2cccc(F)c2)C1. The van der Waals surface area contributed by atoms with E-state index in [9.17, 15) is 28.7 Å². The van der Waals surface area contributed by atoms with E-state index < -0.39 is 40.8 Å². The lowest BCUT2D eigenvalue weighted by Gasteiger charge is -2.17. The largest absolute Gasteiger partial charge is 0.481 e. The molecule has 9 heteroatoms. The third-order valence-electron chi connectivity index (χ3n) is 4.85. The average Bonchev–Trinajstić information content (AvgIpc) is 3.03. The van der Waals surface area contributed by atoms with Crippen LogP contribution in [-0.2, 0) is 16.0 Å². The fourth-order valence-electron chi connectivity index (χ4n) is 3.43. The van der Waals surface area contributed by atoms with E-state index in [0.29, 0.717) is 5.56 Å². The van der Waals surface area contributed by atoms with Crippen molar-refractivity contribution in [3.63, 3.8) is 0 Å². The van der Waals surface area contributed by atoms with Gasteiger partial charge in [0.1, 0.15) is 5.82 Å². The van der Waals surface area contributed by atoms with E-state index in [1.807, 2.05) is 0 Å². The number of aryl methyl sites for hydroxylation is 1. The first-order chi connectivity index (χ1) is 12.8. The Kier molecular flexibility index (Phi) is 4.93. The van der Waals surface area contributed by atoms with E-state index in [-0.39, 0.29) is 30.8 Å². The van der Waals surface area contributed by atoms with Gasteiger partial charge in [0.25, 0.3) is 5.56 Å². The molecule has 3 N–H and O–H groups in total. The number of halogens is 1. The molecule has 0 radical (unpaired) electrons. The molecule has 2 aromatic rings. The fourth-order valence-corrected chi connectivity index (χ4v) is 3.43. The maximum Gasteiger partial charge on any atom is 0.325 e. The molecule has 1 aliphatic rings. The van der Waals surface area contributed by atoms with Crippen LogP contribution >= 0.6 is 0 Å². The fraction of sp³-hybridized carbons (Fsp3) is 0.333. The lowest BCUT2D eigenvalue weighted by atomic mass is 9.89. The Morgan fingerprint density at radius 3 is 2.63 bits per heavy atom. The molecule has 0 unspecified atom stereocenters. The van der Waals surface area contributed by atoms with Crippen molar-refractivity contribution in [3.8, 4) is 0 Å². The quantitative estimate of drug-likeness (QED) is 0.713. The van der Waals surface area contributed by atoms with Gasteiger partial charge in [-0.2, -0.15) is 0 Å². The third kappa shape index (κ3) is 3.81. The molecular formula is C18H18FN3O5. The number of nitrogens with one attached hydrogen (secondary N) is 2. The molecule has 0 aliphatic carbocycles. The predicted octanol–water partition coefficient (Wildman–Crippen LogP) is 0.380. The number of amides is 1. The molecule has 2 heterocycles. The third-order valence-corrected chi connectivity index (χ3v) is 4.85. The summed E-state index contributed by atoms with van der Waals surface area (Å²) < 4.78 is 13.5. The maximum absolute atomic E-state index is 13.5. The monoisotopic (exact) mass is 375 g/mol. The summed E-state index contributed by atoms with van der Waals surface area (Å²) in [6.07, 6.45) is -0.264. The number of rotatable bonds is 4. The summed E-state index contributed by atoms with van der Waals surface area (Å²) in [5, 5.41) is 9.50. The molecule has 1 aliphatic heterocycles. The van der Waals surface area contributed by atoms with E-state index in [2.05, 4.69) is 9.97 Å². The number of benzene rings is 1. The Labute approximate surface area is 152 Å². The molecule has 3 rings (SSSR count). The molecule has 8 nitrogen and oxygen atoms in total. The normalized spacial score (nSPS) is 19.3. The second kappa shape index (κ2) is 7.18. The van der Waals surface area contributed by atoms with Gasteiger partial charge in [0, 0.05) is 30.3 Å². The first-order valence-corrected chi connectivity index (χ1v) is 8.34. The summed E-state index contributed by atoms with van der Waals surface area (Å²) in [6, 6.07) is 5.67. The average molecular weight is 375 g/mol. The summed E-state index contributed by atoms with van der Waals surface area (Å²) in [5.74, 6) is -3.39. The molecule has 1 saturated heterocycles. The van der Waals surface area contributed by atoms with Gasteiger partial charge >= 0.3 is 11.7 Å². The number of aromatic amines is 2. The summed E-state index contributed by atoms with van der Waals surface area (Å²) in [5.41, 5.74) is -0.392. The lowest BCUT2D eigenvalue weighted by molar-refractivity contribution is -0.141. The molecule has 0 saturated carbocycles. The Hall–Kier alpha value is -3.23. The first-order valence-electron chi connectivity index (χ1n) is 8.34. The number of hydrogen-bond acceptors (Lipinski definition) is 4. The van der Waals surface area contributed by atoms with Crippen LogP contribution in [0, 0.1) is 18.7 Å². The van der Waals surface area contributed by atoms with Gasteiger partial charge in [-0.15, -0.1) is 0 Å². The van der Waals surface area contributed by atoms with Crippen LogP contribution in [0.2, 0.25) is 0 Å². The van der Waals surface area contributed by atoms with Crippen LogP contribution in [0.5, 0.6) is 0 Å². The zero-order chi connectivity index (χ0) is 19.7. The predicted molar refractivity (Wildman–Crippen MR) is 93.0 cm³/mol. The number of nitrogens with zero attached hydrogens (tertiary/aromatic N) is 1. The number of H-pyrrole nitrogens is 2. The zero-order valence-electron chi connectivity index (χ0n) is 14.5. The lowest BCUT2D eigenvalue weighted by Crippen LogP contribution is -2.35. The van der Waals surface area contributed by atoms with E-state index in [1.165, 1.54) is 30.0 Å². The van der Waals surface area contributed by atoms with Crippen LogP contribution < -0.4 is 11.2 Å². The second-order valence-corrected chi connectivity index (χ2v) is 6.59. The Bertz CT molecular complexity index is 1010. The van der Waals surface area contributed by atoms with Gasteiger partial charge in [0.2, 0.25) is 5.91 Å². The number of aliphatic carboxylic acids is 1. The van der Waals surface area contributed by atoms with E-state index in [4.69, 9.17) is 0 Å². The van der Waals surface area contributed by atoms with Gasteiger partial charge in [-0.25, -0.2) is 9.18 Å². The van der Waals surface area contributed by atoms with Crippen LogP contribution in [-0.4, -0.2) is 44.9 Å². The topological polar surface area (TPSA) is 123 Å². The van der Waals surface area contributed by atoms with E-state index in [0.717, 1.165) is 0 Å². The molecule has 0 bridgehead atoms. The summed E-state index contributed by atoms with van der Waals surface area (Å²) in [7, 11) is 0. The van der Waals surface area contributed by atoms with Gasteiger partial charge in [0.05, 0.1) is 12.3 Å². The Morgan fingerprint density at radius 1 is 1.26 bits per heavy atom. The van der Waals surface area contributed by atoms with Crippen molar-refractivity contribution in [2.75, 3.05) is 13.1 Å². The van der Waals surface area contributed by atoms with Crippen molar-refractivity contribution >= 4 is 11.9 Å². The minimum absolute atomic E-state index is 0.0321. The molecule has 1 amide bonds. The van der Waals surface area contributed by atoms with Crippen LogP contribution in [0.25, 0.3) is 0 Å². The minimum atomic E-state index is -1.07. The van der Waals surface area contributed by atoms with Gasteiger partial charge < -0.3 is 15.0 Å². The molecule has 0 spiro atoms. The summed E-state index contributed by atoms with van der Waals surface area (Å²) in [4.78, 5) is 53.3. The number of likely N-dealkylation sites (tertiary alicyclic amines) is 1. The van der Waals surface area contributed by atoms with Crippen molar-refractivity contribution in [1.29, 1.82) is 0 Å². The smallest absolute Gasteiger partial charge is 0.325 e. The van der Waals surface area contributed by atoms with Crippen molar-refractivity contribution < 1.29 is 19.1 Å². The number of carboxylic acid groups (broad SMARTS) is 1. The number of carbonyl (C=O) groups is 2. The minimum Gasteiger partial charge on any atom is -0.481 e. The first kappa shape index (κ1) is 18.6. The number of hydrogen-bond donors (Lipinski definition) is 3. The zero-order valence-corrected chi connectivity index (χ0v) is 14.5. The van der Waals surface area contributed by atoms with Crippen LogP contribution in [0.4, 0.5) is 4.39 Å². The molecule has 1 aromatic carbocycles. The standard InChI is InChI=1S/C18H18FN3O5/c1-9-12(16(24)21-18(27)20-9)6-15(23)22-7-13(14(8-22)17(25)26)10-3-2-4-11(19)5-10/h2-5,13-14H,6-8H2,1H3,(H,25,26)(H2,20,21,24,27)/t13-,14+/m0/s1. The molecule has 1 fully saturated rings. The highest BCUT2D eigenvalue weighted by Crippen LogP contribution is 2.33. The molecule has 1 aromatic heterocycles. The second-order valence-electron chi connectivity index (χ2n) is 6.59. The van der Waals surface area contributed by atoms with Crippen molar-refractivity contribution in [1.82, 2.24) is 14.9 Å². The number of carbonyl (C=O) groups excluding carboxylic acids is 1. The van der Waals surface area contributed by atoms with Crippen molar-refractivity contribution in [2.24, 2.45) is 5.92 Å². The van der Waals surface area contributed by atoms with Crippen molar-refractivity contribution in [3.05, 3.63) is 67.7 Å². The number of carboxylic acids is 1. The molecular weight excluding hydrogens is 357 g/mol. The summed E-state index contributed by atoms with van der Waals surface area (Å²) >= 11 is 0. The van der Waals surface area contributed by atoms with Gasteiger partial charge in [-0.1, -0.05) is 12.1 Å². The highest BCUT2D eigenvalue weighted by atomic mass is 19.1. The van der Waals surface area contributed by atoms with Gasteiger partial charge in [0.15, 0.2) is 0 Å². The van der Waals surface area contributed by atoms with Crippen molar-refractivity contribution in [2.45, 2.75) is 19.3 Å². The number of aromatic nitrogens is 2. The van der Waals surface area contributed by atoms with Gasteiger partial charge in [-0.3, -0.25) is 19.4 Å². The molecule has 142 valence electrons. The van der Waals surface area contributed by atoms with Crippen LogP contribution in [0.15, 0.2) is 33.9 Å². The molecule has 27 heavy (non-hydrogen) atoms. The Morgan fingerprint density at radius 2 is 2.00 bits per heavy atom.